The van der Waals surface area contributed by atoms with Crippen molar-refractivity contribution in [3.05, 3.63) is 434 Å². The Hall–Kier alpha value is -13.1. The zero-order valence-corrected chi connectivity index (χ0v) is 71.6. The van der Waals surface area contributed by atoms with Gasteiger partial charge in [0.05, 0.1) is 0 Å². The van der Waals surface area contributed by atoms with Crippen molar-refractivity contribution in [2.75, 3.05) is 0 Å². The highest BCUT2D eigenvalue weighted by molar-refractivity contribution is 7.28. The lowest BCUT2D eigenvalue weighted by molar-refractivity contribution is 0.667. The van der Waals surface area contributed by atoms with Gasteiger partial charge < -0.3 is 4.42 Å². The number of thiophene rings is 5. The van der Waals surface area contributed by atoms with Crippen LogP contribution in [0.1, 0.15) is 33.4 Å². The Morgan fingerprint density at radius 3 is 1.16 bits per heavy atom. The Balaban J connectivity index is 0.0000000952. The summed E-state index contributed by atoms with van der Waals surface area (Å²) in [5, 5.41) is 16.1. The third-order valence-corrected chi connectivity index (χ3v) is 28.8. The minimum Gasteiger partial charge on any atom is -0.455 e. The van der Waals surface area contributed by atoms with Gasteiger partial charge in [-0.25, -0.2) is 0 Å². The van der Waals surface area contributed by atoms with Gasteiger partial charge in [-0.1, -0.05) is 381 Å². The van der Waals surface area contributed by atoms with E-state index in [4.69, 9.17) is 4.42 Å². The van der Waals surface area contributed by atoms with Gasteiger partial charge in [0.2, 0.25) is 0 Å². The second-order valence-electron chi connectivity index (χ2n) is 30.8. The predicted molar refractivity (Wildman–Crippen MR) is 531 cm³/mol. The molecular weight excluding hydrogens is 1550 g/mol. The summed E-state index contributed by atoms with van der Waals surface area (Å²) in [7, 11) is 0. The summed E-state index contributed by atoms with van der Waals surface area (Å²) < 4.78 is 19.9. The second-order valence-corrected chi connectivity index (χ2v) is 36.1. The summed E-state index contributed by atoms with van der Waals surface area (Å²) in [6.07, 6.45) is 0. The van der Waals surface area contributed by atoms with E-state index < -0.39 is 0 Å². The second kappa shape index (κ2) is 34.1. The maximum atomic E-state index is 6.17. The largest absolute Gasteiger partial charge is 0.455 e. The molecule has 18 aromatic carbocycles. The maximum absolute atomic E-state index is 6.17. The van der Waals surface area contributed by atoms with E-state index >= 15 is 0 Å². The van der Waals surface area contributed by atoms with Crippen molar-refractivity contribution >= 4 is 179 Å². The fraction of sp³-hybridized carbons (Fsp3) is 0.0526. The molecule has 0 saturated carbocycles. The minimum absolute atomic E-state index is 0.975. The van der Waals surface area contributed by atoms with Crippen molar-refractivity contribution in [3.8, 4) is 66.8 Å². The van der Waals surface area contributed by atoms with Crippen LogP contribution >= 0.6 is 56.7 Å². The van der Waals surface area contributed by atoms with Crippen LogP contribution in [0.3, 0.4) is 0 Å². The summed E-state index contributed by atoms with van der Waals surface area (Å²) in [5.41, 5.74) is 25.3. The first-order chi connectivity index (χ1) is 59.0. The molecule has 120 heavy (non-hydrogen) atoms. The van der Waals surface area contributed by atoms with E-state index in [0.29, 0.717) is 0 Å². The van der Waals surface area contributed by atoms with Crippen LogP contribution in [0, 0.1) is 41.5 Å². The summed E-state index contributed by atoms with van der Waals surface area (Å²) in [6.45, 7) is 12.9. The molecule has 6 heteroatoms. The molecule has 1 nitrogen and oxygen atoms in total. The molecule has 0 atom stereocenters. The summed E-state index contributed by atoms with van der Waals surface area (Å²) in [6, 6.07) is 143. The van der Waals surface area contributed by atoms with Crippen molar-refractivity contribution in [3.63, 3.8) is 0 Å². The average Bonchev–Trinajstić information content (AvgIpc) is 1.61. The quantitative estimate of drug-likeness (QED) is 0.162. The van der Waals surface area contributed by atoms with Crippen molar-refractivity contribution in [2.24, 2.45) is 0 Å². The SMILES string of the molecule is Cc1ccc(-c2ccc3c(c2)sc2ccccc23)cc1.Cc1ccc(-c2cccc3sc4ccccc4c23)cc1.Cc1cccc(-c2cccc3c2sc2ccccc23)c1.Cc1cccc2c1oc1c(-c3ccccc3)cccc12.Cc1cccc2c1sc1c(-c3ccccc3)cccc12.Cc1ccccc1-c1cccc2c1sc1ccccc12. The van der Waals surface area contributed by atoms with E-state index in [9.17, 15) is 0 Å². The first-order valence-electron chi connectivity index (χ1n) is 40.8. The van der Waals surface area contributed by atoms with Gasteiger partial charge in [0.1, 0.15) is 11.2 Å². The van der Waals surface area contributed by atoms with Gasteiger partial charge in [-0.3, -0.25) is 0 Å². The first kappa shape index (κ1) is 76.8. The van der Waals surface area contributed by atoms with Crippen LogP contribution in [0.2, 0.25) is 0 Å². The van der Waals surface area contributed by atoms with Crippen LogP contribution < -0.4 is 0 Å². The zero-order chi connectivity index (χ0) is 81.2. The normalized spacial score (nSPS) is 11.2. The zero-order valence-electron chi connectivity index (χ0n) is 67.6. The Morgan fingerprint density at radius 1 is 0.167 bits per heavy atom. The summed E-state index contributed by atoms with van der Waals surface area (Å²) in [4.78, 5) is 0. The summed E-state index contributed by atoms with van der Waals surface area (Å²) in [5.74, 6) is 0. The third-order valence-electron chi connectivity index (χ3n) is 22.7. The molecule has 0 saturated heterocycles. The highest BCUT2D eigenvalue weighted by Crippen LogP contribution is 2.46. The smallest absolute Gasteiger partial charge is 0.143 e. The molecule has 6 heterocycles. The molecule has 0 spiro atoms. The standard InChI is InChI=1S/C19H14O.5C19H14S/c1-13-7-5-11-16-17-12-6-10-15(19(17)20-18(13)16)14-8-3-2-4-9-14;1-13-6-4-7-14(12-13)15-9-5-10-17-16-8-2-3-11-18(16)20-19(15)17;1-13-7-2-3-8-14(13)16-10-6-11-17-15-9-4-5-12-18(15)20-19(16)17;1-13-9-11-14(12-10-13)15-6-4-8-18-19(15)16-5-2-3-7-17(16)20-18;1-13-7-5-11-16-17-12-6-10-15(19(17)20-18(13)16)14-8-3-2-4-9-14;1-13-6-8-14(9-7-13)15-10-11-17-16-4-2-3-5-18(16)20-19(17)12-15/h6*2-12H,1H3. The molecule has 0 bridgehead atoms. The molecule has 24 aromatic rings. The van der Waals surface area contributed by atoms with Gasteiger partial charge in [-0.15, -0.1) is 56.7 Å². The van der Waals surface area contributed by atoms with Gasteiger partial charge in [0, 0.05) is 117 Å². The van der Waals surface area contributed by atoms with Crippen molar-refractivity contribution < 1.29 is 4.42 Å². The van der Waals surface area contributed by atoms with Crippen molar-refractivity contribution in [1.82, 2.24) is 0 Å². The third kappa shape index (κ3) is 15.4. The van der Waals surface area contributed by atoms with Crippen LogP contribution in [0.15, 0.2) is 405 Å². The predicted octanol–water partition coefficient (Wildman–Crippen LogP) is 35.7. The molecule has 0 amide bonds. The average molecular weight is 1630 g/mol. The number of furan rings is 1. The molecular formula is C114H84OS5. The molecule has 0 radical (unpaired) electrons. The molecule has 0 N–H and O–H groups in total. The number of benzene rings is 18. The van der Waals surface area contributed by atoms with E-state index in [1.165, 1.54) is 206 Å². The van der Waals surface area contributed by atoms with Crippen LogP contribution in [-0.2, 0) is 0 Å². The Morgan fingerprint density at radius 2 is 0.533 bits per heavy atom. The molecule has 0 fully saturated rings. The van der Waals surface area contributed by atoms with Gasteiger partial charge in [-0.2, -0.15) is 0 Å². The Labute approximate surface area is 719 Å². The number of rotatable bonds is 6. The first-order valence-corrected chi connectivity index (χ1v) is 44.9. The van der Waals surface area contributed by atoms with Crippen LogP contribution in [0.25, 0.3) is 190 Å². The van der Waals surface area contributed by atoms with Gasteiger partial charge in [0.25, 0.3) is 0 Å². The molecule has 0 aliphatic carbocycles. The molecule has 0 unspecified atom stereocenters. The lowest BCUT2D eigenvalue weighted by atomic mass is 9.99. The lowest BCUT2D eigenvalue weighted by Gasteiger charge is -2.06. The van der Waals surface area contributed by atoms with E-state index in [1.54, 1.807) is 0 Å². The lowest BCUT2D eigenvalue weighted by Crippen LogP contribution is -1.82. The van der Waals surface area contributed by atoms with Gasteiger partial charge >= 0.3 is 0 Å². The van der Waals surface area contributed by atoms with Crippen molar-refractivity contribution in [1.29, 1.82) is 0 Å². The molecule has 576 valence electrons. The van der Waals surface area contributed by atoms with Crippen LogP contribution in [-0.4, -0.2) is 0 Å². The topological polar surface area (TPSA) is 13.1 Å². The number of para-hydroxylation sites is 2. The van der Waals surface area contributed by atoms with Crippen molar-refractivity contribution in [2.45, 2.75) is 41.5 Å². The maximum Gasteiger partial charge on any atom is 0.143 e. The highest BCUT2D eigenvalue weighted by atomic mass is 32.1. The molecule has 24 rings (SSSR count). The molecule has 0 aliphatic heterocycles. The number of hydrogen-bond acceptors (Lipinski definition) is 6. The number of aryl methyl sites for hydroxylation is 6. The molecule has 0 aliphatic rings. The van der Waals surface area contributed by atoms with E-state index in [0.717, 1.165) is 16.7 Å². The Kier molecular flexibility index (Phi) is 21.8. The fourth-order valence-corrected chi connectivity index (χ4v) is 22.7. The van der Waals surface area contributed by atoms with E-state index in [-0.39, 0.29) is 0 Å². The highest BCUT2D eigenvalue weighted by Gasteiger charge is 2.18. The summed E-state index contributed by atoms with van der Waals surface area (Å²) >= 11 is 9.44. The Bertz CT molecular complexity index is 7680. The monoisotopic (exact) mass is 1630 g/mol. The minimum atomic E-state index is 0.975. The van der Waals surface area contributed by atoms with Gasteiger partial charge in [0.15, 0.2) is 0 Å². The van der Waals surface area contributed by atoms with E-state index in [1.807, 2.05) is 62.8 Å². The number of fused-ring (bicyclic) bond motifs is 18. The fourth-order valence-electron chi connectivity index (χ4n) is 16.6. The van der Waals surface area contributed by atoms with E-state index in [2.05, 4.69) is 436 Å². The van der Waals surface area contributed by atoms with Crippen LogP contribution in [0.4, 0.5) is 0 Å². The van der Waals surface area contributed by atoms with Gasteiger partial charge in [-0.05, 0) is 156 Å². The van der Waals surface area contributed by atoms with Crippen LogP contribution in [0.5, 0.6) is 0 Å². The number of hydrogen-bond donors (Lipinski definition) is 0. The molecule has 6 aromatic heterocycles.